The fraction of sp³-hybridized carbons (Fsp3) is 0.500. The van der Waals surface area contributed by atoms with E-state index in [-0.39, 0.29) is 11.5 Å². The van der Waals surface area contributed by atoms with Crippen LogP contribution in [0, 0.1) is 5.92 Å². The highest BCUT2D eigenvalue weighted by molar-refractivity contribution is 9.11. The molecule has 0 amide bonds. The third kappa shape index (κ3) is 1.70. The van der Waals surface area contributed by atoms with E-state index >= 15 is 0 Å². The molecule has 0 bridgehead atoms. The highest BCUT2D eigenvalue weighted by Gasteiger charge is 2.31. The van der Waals surface area contributed by atoms with Crippen molar-refractivity contribution in [3.63, 3.8) is 0 Å². The predicted molar refractivity (Wildman–Crippen MR) is 57.1 cm³/mol. The van der Waals surface area contributed by atoms with Crippen LogP contribution in [0.3, 0.4) is 0 Å². The van der Waals surface area contributed by atoms with E-state index < -0.39 is 0 Å². The molecule has 2 nitrogen and oxygen atoms in total. The molecule has 0 radical (unpaired) electrons. The van der Waals surface area contributed by atoms with Crippen molar-refractivity contribution < 1.29 is 4.74 Å². The quantitative estimate of drug-likeness (QED) is 0.692. The molecular formula is C10H12BrNO. The zero-order valence-electron chi connectivity index (χ0n) is 7.75. The molecule has 3 heteroatoms. The zero-order chi connectivity index (χ0) is 9.47. The fourth-order valence-corrected chi connectivity index (χ4v) is 1.93. The molecule has 1 heterocycles. The van der Waals surface area contributed by atoms with E-state index in [1.54, 1.807) is 0 Å². The second-order valence-corrected chi connectivity index (χ2v) is 4.88. The molecule has 1 aliphatic carbocycles. The summed E-state index contributed by atoms with van der Waals surface area (Å²) in [6, 6.07) is 0. The summed E-state index contributed by atoms with van der Waals surface area (Å²) in [5.41, 5.74) is -0.0565. The van der Waals surface area contributed by atoms with Crippen LogP contribution in [0.4, 0.5) is 0 Å². The summed E-state index contributed by atoms with van der Waals surface area (Å²) in [6.45, 7) is 4.85. The van der Waals surface area contributed by atoms with Crippen molar-refractivity contribution >= 4 is 21.8 Å². The maximum atomic E-state index is 5.55. The van der Waals surface area contributed by atoms with Gasteiger partial charge in [-0.1, -0.05) is 34.2 Å². The molecule has 0 spiro atoms. The highest BCUT2D eigenvalue weighted by Crippen LogP contribution is 2.30. The Kier molecular flexibility index (Phi) is 2.06. The molecule has 13 heavy (non-hydrogen) atoms. The van der Waals surface area contributed by atoms with Crippen molar-refractivity contribution in [2.24, 2.45) is 10.9 Å². The minimum Gasteiger partial charge on any atom is -0.478 e. The van der Waals surface area contributed by atoms with Gasteiger partial charge in [-0.3, -0.25) is 0 Å². The largest absolute Gasteiger partial charge is 0.478 e. The van der Waals surface area contributed by atoms with Gasteiger partial charge >= 0.3 is 0 Å². The first-order valence-electron chi connectivity index (χ1n) is 4.35. The van der Waals surface area contributed by atoms with Crippen LogP contribution in [0.25, 0.3) is 0 Å². The molecule has 0 saturated carbocycles. The second-order valence-electron chi connectivity index (χ2n) is 3.97. The lowest BCUT2D eigenvalue weighted by Crippen LogP contribution is -2.17. The monoisotopic (exact) mass is 241 g/mol. The fourth-order valence-electron chi connectivity index (χ4n) is 1.43. The van der Waals surface area contributed by atoms with Gasteiger partial charge in [0, 0.05) is 4.48 Å². The molecule has 2 rings (SSSR count). The molecule has 0 saturated heterocycles. The summed E-state index contributed by atoms with van der Waals surface area (Å²) in [6.07, 6.45) is 6.14. The number of hydrogen-bond donors (Lipinski definition) is 0. The third-order valence-corrected chi connectivity index (χ3v) is 2.87. The number of allylic oxidation sites excluding steroid dienone is 2. The van der Waals surface area contributed by atoms with Gasteiger partial charge in [0.15, 0.2) is 5.90 Å². The Bertz CT molecular complexity index is 315. The Morgan fingerprint density at radius 2 is 2.38 bits per heavy atom. The second kappa shape index (κ2) is 2.98. The summed E-state index contributed by atoms with van der Waals surface area (Å²) in [5.74, 6) is 1.05. The predicted octanol–water partition coefficient (Wildman–Crippen LogP) is 2.66. The lowest BCUT2D eigenvalue weighted by molar-refractivity contribution is 0.272. The average molecular weight is 242 g/mol. The molecule has 1 atom stereocenters. The van der Waals surface area contributed by atoms with Crippen molar-refractivity contribution in [2.75, 3.05) is 6.61 Å². The first-order valence-corrected chi connectivity index (χ1v) is 5.14. The number of nitrogens with zero attached hydrogens (tertiary/aromatic N) is 1. The van der Waals surface area contributed by atoms with E-state index in [0.717, 1.165) is 10.4 Å². The van der Waals surface area contributed by atoms with Gasteiger partial charge < -0.3 is 4.74 Å². The van der Waals surface area contributed by atoms with Crippen LogP contribution >= 0.6 is 15.9 Å². The van der Waals surface area contributed by atoms with Crippen LogP contribution in [0.2, 0.25) is 0 Å². The Morgan fingerprint density at radius 1 is 1.62 bits per heavy atom. The van der Waals surface area contributed by atoms with Crippen molar-refractivity contribution in [1.29, 1.82) is 0 Å². The van der Waals surface area contributed by atoms with Gasteiger partial charge in [0.1, 0.15) is 6.61 Å². The lowest BCUT2D eigenvalue weighted by atomic mass is 10.1. The van der Waals surface area contributed by atoms with Gasteiger partial charge in [0.25, 0.3) is 0 Å². The van der Waals surface area contributed by atoms with E-state index in [4.69, 9.17) is 4.74 Å². The third-order valence-electron chi connectivity index (χ3n) is 2.11. The van der Waals surface area contributed by atoms with Crippen molar-refractivity contribution in [3.05, 3.63) is 22.7 Å². The van der Waals surface area contributed by atoms with Gasteiger partial charge in [0.2, 0.25) is 0 Å². The molecule has 0 aromatic carbocycles. The number of aliphatic imine (C=N–C) groups is 1. The Morgan fingerprint density at radius 3 is 2.85 bits per heavy atom. The summed E-state index contributed by atoms with van der Waals surface area (Å²) < 4.78 is 6.68. The minimum atomic E-state index is -0.0565. The topological polar surface area (TPSA) is 21.6 Å². The summed E-state index contributed by atoms with van der Waals surface area (Å²) >= 11 is 3.49. The minimum absolute atomic E-state index is 0.0565. The molecule has 1 unspecified atom stereocenters. The van der Waals surface area contributed by atoms with Crippen molar-refractivity contribution in [1.82, 2.24) is 0 Å². The maximum Gasteiger partial charge on any atom is 0.196 e. The molecule has 0 aromatic heterocycles. The molecule has 0 fully saturated rings. The van der Waals surface area contributed by atoms with Crippen LogP contribution in [0.5, 0.6) is 0 Å². The summed E-state index contributed by atoms with van der Waals surface area (Å²) in [4.78, 5) is 4.53. The average Bonchev–Trinajstić information content (AvgIpc) is 2.56. The van der Waals surface area contributed by atoms with E-state index in [2.05, 4.69) is 40.8 Å². The summed E-state index contributed by atoms with van der Waals surface area (Å²) in [5, 5.41) is 0. The molecular weight excluding hydrogens is 230 g/mol. The van der Waals surface area contributed by atoms with E-state index in [1.165, 1.54) is 0 Å². The smallest absolute Gasteiger partial charge is 0.196 e. The number of hydrogen-bond acceptors (Lipinski definition) is 2. The Hall–Kier alpha value is -0.570. The van der Waals surface area contributed by atoms with E-state index in [0.29, 0.717) is 6.61 Å². The van der Waals surface area contributed by atoms with Gasteiger partial charge in [-0.2, -0.15) is 0 Å². The summed E-state index contributed by atoms with van der Waals surface area (Å²) in [7, 11) is 0. The van der Waals surface area contributed by atoms with Crippen LogP contribution in [0.1, 0.15) is 13.8 Å². The van der Waals surface area contributed by atoms with Gasteiger partial charge in [-0.25, -0.2) is 4.99 Å². The molecule has 70 valence electrons. The first kappa shape index (κ1) is 9.00. The first-order chi connectivity index (χ1) is 6.08. The zero-order valence-corrected chi connectivity index (χ0v) is 9.34. The lowest BCUT2D eigenvalue weighted by Gasteiger charge is -2.08. The maximum absolute atomic E-state index is 5.55. The van der Waals surface area contributed by atoms with Crippen LogP contribution in [-0.4, -0.2) is 18.0 Å². The van der Waals surface area contributed by atoms with E-state index in [1.807, 2.05) is 12.2 Å². The van der Waals surface area contributed by atoms with Crippen LogP contribution < -0.4 is 0 Å². The SMILES string of the molecule is CC1(C)COC(C2C=CC=C2Br)=N1. The molecule has 0 N–H and O–H groups in total. The number of rotatable bonds is 1. The van der Waals surface area contributed by atoms with Crippen molar-refractivity contribution in [2.45, 2.75) is 19.4 Å². The Balaban J connectivity index is 2.20. The number of ether oxygens (including phenoxy) is 1. The molecule has 2 aliphatic rings. The van der Waals surface area contributed by atoms with Gasteiger partial charge in [-0.15, -0.1) is 0 Å². The van der Waals surface area contributed by atoms with E-state index in [9.17, 15) is 0 Å². The Labute approximate surface area is 86.5 Å². The molecule has 1 aliphatic heterocycles. The van der Waals surface area contributed by atoms with Crippen molar-refractivity contribution in [3.8, 4) is 0 Å². The van der Waals surface area contributed by atoms with Crippen LogP contribution in [0.15, 0.2) is 27.7 Å². The normalized spacial score (nSPS) is 29.9. The van der Waals surface area contributed by atoms with Gasteiger partial charge in [0.05, 0.1) is 11.5 Å². The van der Waals surface area contributed by atoms with Gasteiger partial charge in [-0.05, 0) is 13.8 Å². The van der Waals surface area contributed by atoms with Crippen LogP contribution in [-0.2, 0) is 4.74 Å². The molecule has 0 aromatic rings. The standard InChI is InChI=1S/C10H12BrNO/c1-10(2)6-13-9(12-10)7-4-3-5-8(7)11/h3-5,7H,6H2,1-2H3. The highest BCUT2D eigenvalue weighted by atomic mass is 79.9. The number of halogens is 1.